The highest BCUT2D eigenvalue weighted by atomic mass is 35.5. The van der Waals surface area contributed by atoms with Crippen LogP contribution < -0.4 is 0 Å². The molecule has 0 unspecified atom stereocenters. The average Bonchev–Trinajstić information content (AvgIpc) is 1.89. The maximum Gasteiger partial charge on any atom is 0.199 e. The van der Waals surface area contributed by atoms with Crippen LogP contribution in [0.2, 0.25) is 0 Å². The number of hydrogen-bond acceptors (Lipinski definition) is 2. The Kier molecular flexibility index (Phi) is 2.11. The number of rotatable bonds is 1. The molecule has 0 saturated carbocycles. The second kappa shape index (κ2) is 2.87. The number of amidine groups is 1. The molecule has 3 heteroatoms. The van der Waals surface area contributed by atoms with Gasteiger partial charge in [0.25, 0.3) is 0 Å². The summed E-state index contributed by atoms with van der Waals surface area (Å²) in [6.45, 7) is 4.79. The van der Waals surface area contributed by atoms with E-state index in [0.29, 0.717) is 5.29 Å². The van der Waals surface area contributed by atoms with Crippen LogP contribution in [0, 0.1) is 6.54 Å². The van der Waals surface area contributed by atoms with Crippen molar-refractivity contribution in [1.82, 2.24) is 4.90 Å². The molecule has 9 heavy (non-hydrogen) atoms. The Morgan fingerprint density at radius 2 is 2.56 bits per heavy atom. The summed E-state index contributed by atoms with van der Waals surface area (Å²) in [5, 5.41) is 0.542. The topological polar surface area (TPSA) is 15.6 Å². The van der Waals surface area contributed by atoms with E-state index in [4.69, 9.17) is 11.6 Å². The van der Waals surface area contributed by atoms with Crippen molar-refractivity contribution < 1.29 is 0 Å². The van der Waals surface area contributed by atoms with Crippen molar-refractivity contribution in [3.05, 3.63) is 18.8 Å². The van der Waals surface area contributed by atoms with Gasteiger partial charge in [0.05, 0.1) is 6.54 Å². The molecule has 0 aromatic rings. The highest BCUT2D eigenvalue weighted by molar-refractivity contribution is 6.64. The molecule has 1 radical (unpaired) electrons. The van der Waals surface area contributed by atoms with Gasteiger partial charge in [-0.1, -0.05) is 0 Å². The monoisotopic (exact) mass is 143 g/mol. The van der Waals surface area contributed by atoms with Crippen molar-refractivity contribution in [2.45, 2.75) is 6.92 Å². The molecule has 0 fully saturated rings. The Balaban J connectivity index is 2.59. The Hall–Kier alpha value is -0.500. The van der Waals surface area contributed by atoms with Gasteiger partial charge in [-0.25, -0.2) is 4.99 Å². The highest BCUT2D eigenvalue weighted by Crippen LogP contribution is 2.05. The third kappa shape index (κ3) is 1.45. The number of likely N-dealkylation sites (N-methyl/N-ethyl adjacent to an activating group) is 1. The van der Waals surface area contributed by atoms with Crippen molar-refractivity contribution in [1.29, 1.82) is 0 Å². The fourth-order valence-corrected chi connectivity index (χ4v) is 0.851. The second-order valence-electron chi connectivity index (χ2n) is 1.67. The van der Waals surface area contributed by atoms with E-state index >= 15 is 0 Å². The zero-order chi connectivity index (χ0) is 6.69. The van der Waals surface area contributed by atoms with Gasteiger partial charge in [-0.05, 0) is 24.6 Å². The lowest BCUT2D eigenvalue weighted by Gasteiger charge is -2.19. The molecule has 1 rings (SSSR count). The molecule has 0 aliphatic carbocycles. The SMILES string of the molecule is CCN1[CH]C=CN=C1Cl. The highest BCUT2D eigenvalue weighted by Gasteiger charge is 2.05. The lowest BCUT2D eigenvalue weighted by molar-refractivity contribution is 0.554. The standard InChI is InChI=1S/C6H8ClN2/c1-2-9-5-3-4-8-6(9)7/h3-5H,2H2,1H3. The fraction of sp³-hybridized carbons (Fsp3) is 0.333. The van der Waals surface area contributed by atoms with E-state index < -0.39 is 0 Å². The molecule has 1 aliphatic heterocycles. The van der Waals surface area contributed by atoms with Gasteiger partial charge in [-0.2, -0.15) is 0 Å². The first-order chi connectivity index (χ1) is 4.34. The smallest absolute Gasteiger partial charge is 0.199 e. The first-order valence-electron chi connectivity index (χ1n) is 2.84. The van der Waals surface area contributed by atoms with Crippen molar-refractivity contribution in [2.75, 3.05) is 6.54 Å². The van der Waals surface area contributed by atoms with E-state index in [2.05, 4.69) is 4.99 Å². The number of nitrogens with zero attached hydrogens (tertiary/aromatic N) is 2. The van der Waals surface area contributed by atoms with Crippen LogP contribution in [-0.4, -0.2) is 16.7 Å². The number of hydrogen-bond donors (Lipinski definition) is 0. The summed E-state index contributed by atoms with van der Waals surface area (Å²) in [6.07, 6.45) is 3.53. The van der Waals surface area contributed by atoms with Crippen molar-refractivity contribution in [2.24, 2.45) is 4.99 Å². The minimum absolute atomic E-state index is 0.542. The van der Waals surface area contributed by atoms with Crippen LogP contribution in [0.15, 0.2) is 17.3 Å². The van der Waals surface area contributed by atoms with Gasteiger partial charge in [-0.3, -0.25) is 0 Å². The summed E-state index contributed by atoms with van der Waals surface area (Å²) in [7, 11) is 0. The molecular formula is C6H8ClN2. The van der Waals surface area contributed by atoms with E-state index in [1.807, 2.05) is 24.4 Å². The molecule has 1 heterocycles. The van der Waals surface area contributed by atoms with Crippen molar-refractivity contribution in [3.8, 4) is 0 Å². The molecule has 0 saturated heterocycles. The van der Waals surface area contributed by atoms with Crippen molar-refractivity contribution in [3.63, 3.8) is 0 Å². The number of halogens is 1. The van der Waals surface area contributed by atoms with Crippen LogP contribution in [0.25, 0.3) is 0 Å². The molecule has 0 amide bonds. The first kappa shape index (κ1) is 6.62. The Labute approximate surface area is 59.8 Å². The predicted molar refractivity (Wildman–Crippen MR) is 39.1 cm³/mol. The fourth-order valence-electron chi connectivity index (χ4n) is 0.618. The van der Waals surface area contributed by atoms with Gasteiger partial charge < -0.3 is 4.90 Å². The molecule has 0 N–H and O–H groups in total. The summed E-state index contributed by atoms with van der Waals surface area (Å²) in [4.78, 5) is 5.74. The van der Waals surface area contributed by atoms with Gasteiger partial charge in [-0.15, -0.1) is 0 Å². The van der Waals surface area contributed by atoms with Crippen LogP contribution >= 0.6 is 11.6 Å². The lowest BCUT2D eigenvalue weighted by Crippen LogP contribution is -2.24. The summed E-state index contributed by atoms with van der Waals surface area (Å²) >= 11 is 5.68. The Bertz CT molecular complexity index is 151. The zero-order valence-corrected chi connectivity index (χ0v) is 5.97. The summed E-state index contributed by atoms with van der Waals surface area (Å²) in [6, 6.07) is 0. The van der Waals surface area contributed by atoms with Crippen LogP contribution in [0.1, 0.15) is 6.92 Å². The van der Waals surface area contributed by atoms with Gasteiger partial charge in [0.2, 0.25) is 0 Å². The van der Waals surface area contributed by atoms with Crippen LogP contribution in [-0.2, 0) is 0 Å². The third-order valence-corrected chi connectivity index (χ3v) is 1.43. The van der Waals surface area contributed by atoms with E-state index in [0.717, 1.165) is 6.54 Å². The second-order valence-corrected chi connectivity index (χ2v) is 2.01. The van der Waals surface area contributed by atoms with Gasteiger partial charge in [0.15, 0.2) is 5.29 Å². The minimum Gasteiger partial charge on any atom is -0.338 e. The molecular weight excluding hydrogens is 136 g/mol. The molecule has 0 bridgehead atoms. The average molecular weight is 144 g/mol. The maximum atomic E-state index is 5.68. The third-order valence-electron chi connectivity index (χ3n) is 1.11. The van der Waals surface area contributed by atoms with E-state index in [9.17, 15) is 0 Å². The van der Waals surface area contributed by atoms with Crippen molar-refractivity contribution >= 4 is 16.9 Å². The van der Waals surface area contributed by atoms with E-state index in [-0.39, 0.29) is 0 Å². The van der Waals surface area contributed by atoms with Gasteiger partial charge in [0, 0.05) is 12.7 Å². The molecule has 2 nitrogen and oxygen atoms in total. The van der Waals surface area contributed by atoms with E-state index in [1.54, 1.807) is 6.20 Å². The molecule has 0 aromatic carbocycles. The van der Waals surface area contributed by atoms with Gasteiger partial charge in [0.1, 0.15) is 0 Å². The maximum absolute atomic E-state index is 5.68. The summed E-state index contributed by atoms with van der Waals surface area (Å²) in [5.74, 6) is 0. The largest absolute Gasteiger partial charge is 0.338 e. The molecule has 0 spiro atoms. The molecule has 49 valence electrons. The van der Waals surface area contributed by atoms with Gasteiger partial charge >= 0.3 is 0 Å². The van der Waals surface area contributed by atoms with E-state index in [1.165, 1.54) is 0 Å². The lowest BCUT2D eigenvalue weighted by atomic mass is 10.5. The predicted octanol–water partition coefficient (Wildman–Crippen LogP) is 1.59. The summed E-state index contributed by atoms with van der Waals surface area (Å²) in [5.41, 5.74) is 0. The van der Waals surface area contributed by atoms with Crippen LogP contribution in [0.4, 0.5) is 0 Å². The Morgan fingerprint density at radius 3 is 3.00 bits per heavy atom. The van der Waals surface area contributed by atoms with Crippen LogP contribution in [0.3, 0.4) is 0 Å². The molecule has 0 aromatic heterocycles. The minimum atomic E-state index is 0.542. The molecule has 1 aliphatic rings. The number of aliphatic imine (C=N–C) groups is 1. The normalized spacial score (nSPS) is 18.0. The van der Waals surface area contributed by atoms with Crippen LogP contribution in [0.5, 0.6) is 0 Å². The first-order valence-corrected chi connectivity index (χ1v) is 3.22. The molecule has 0 atom stereocenters. The zero-order valence-electron chi connectivity index (χ0n) is 5.21. The quantitative estimate of drug-likeness (QED) is 0.509. The summed E-state index contributed by atoms with van der Waals surface area (Å²) < 4.78 is 0. The Morgan fingerprint density at radius 1 is 1.78 bits per heavy atom.